The summed E-state index contributed by atoms with van der Waals surface area (Å²) >= 11 is 10.8. The largest absolute Gasteiger partial charge is 0.374 e. The molecule has 0 atom stereocenters. The van der Waals surface area contributed by atoms with Crippen molar-refractivity contribution in [2.24, 2.45) is 11.5 Å². The van der Waals surface area contributed by atoms with Gasteiger partial charge in [-0.2, -0.15) is 4.68 Å². The summed E-state index contributed by atoms with van der Waals surface area (Å²) < 4.78 is 1.14. The number of aromatic nitrogens is 2. The zero-order valence-electron chi connectivity index (χ0n) is 10.0. The molecular weight excluding hydrogens is 296 g/mol. The second-order valence-electron chi connectivity index (χ2n) is 3.99. The quantitative estimate of drug-likeness (QED) is 0.753. The van der Waals surface area contributed by atoms with Gasteiger partial charge in [-0.05, 0) is 37.3 Å². The van der Waals surface area contributed by atoms with Gasteiger partial charge in [-0.25, -0.2) is 0 Å². The number of hydrogen-bond donors (Lipinski definition) is 3. The van der Waals surface area contributed by atoms with Crippen LogP contribution in [0.5, 0.6) is 0 Å². The molecule has 0 fully saturated rings. The normalized spacial score (nSPS) is 10.1. The molecule has 0 unspecified atom stereocenters. The van der Waals surface area contributed by atoms with Crippen LogP contribution >= 0.6 is 23.8 Å². The Kier molecular flexibility index (Phi) is 5.50. The van der Waals surface area contributed by atoms with E-state index in [1.807, 2.05) is 6.07 Å². The Hall–Kier alpha value is -1.63. The van der Waals surface area contributed by atoms with Crippen LogP contribution in [0.15, 0.2) is 29.1 Å². The molecule has 0 aliphatic heterocycles. The molecule has 5 nitrogen and oxygen atoms in total. The highest BCUT2D eigenvalue weighted by Gasteiger charge is 2.16. The Morgan fingerprint density at radius 2 is 2.15 bits per heavy atom. The summed E-state index contributed by atoms with van der Waals surface area (Å²) in [5.74, 6) is 0. The third kappa shape index (κ3) is 3.09. The van der Waals surface area contributed by atoms with E-state index in [1.54, 1.807) is 18.2 Å². The van der Waals surface area contributed by atoms with E-state index in [0.29, 0.717) is 29.2 Å². The van der Waals surface area contributed by atoms with Crippen molar-refractivity contribution in [1.29, 1.82) is 0 Å². The number of halogens is 1. The lowest BCUT2D eigenvalue weighted by molar-refractivity contribution is 0.899. The molecule has 0 spiro atoms. The van der Waals surface area contributed by atoms with Crippen LogP contribution in [-0.4, -0.2) is 21.4 Å². The number of hydrogen-bond acceptors (Lipinski definition) is 3. The summed E-state index contributed by atoms with van der Waals surface area (Å²) in [4.78, 5) is 12.2. The smallest absolute Gasteiger partial charge is 0.277 e. The molecule has 0 saturated carbocycles. The molecule has 5 N–H and O–H groups in total. The molecule has 0 aliphatic carbocycles. The van der Waals surface area contributed by atoms with Crippen molar-refractivity contribution >= 4 is 28.9 Å². The molecule has 0 aliphatic rings. The Morgan fingerprint density at radius 1 is 1.45 bits per heavy atom. The number of H-pyrrole nitrogens is 1. The molecule has 2 aromatic rings. The lowest BCUT2D eigenvalue weighted by Gasteiger charge is -2.02. The molecule has 1 aromatic heterocycles. The van der Waals surface area contributed by atoms with Gasteiger partial charge in [-0.15, -0.1) is 0 Å². The number of nitrogens with zero attached hydrogens (tertiary/aromatic N) is 1. The van der Waals surface area contributed by atoms with Gasteiger partial charge in [-0.3, -0.25) is 9.89 Å². The topological polar surface area (TPSA) is 89.8 Å². The van der Waals surface area contributed by atoms with E-state index < -0.39 is 0 Å². The summed E-state index contributed by atoms with van der Waals surface area (Å²) in [6, 6.07) is 7.18. The first-order valence-electron chi connectivity index (χ1n) is 5.64. The molecular formula is C13H17ClN4OS. The van der Waals surface area contributed by atoms with E-state index in [-0.39, 0.29) is 18.1 Å². The Labute approximate surface area is 127 Å². The maximum atomic E-state index is 12.2. The zero-order chi connectivity index (χ0) is 14.0. The van der Waals surface area contributed by atoms with Gasteiger partial charge in [0.1, 0.15) is 0 Å². The van der Waals surface area contributed by atoms with Crippen molar-refractivity contribution in [2.45, 2.75) is 13.8 Å². The Bertz CT molecular complexity index is 677. The van der Waals surface area contributed by atoms with Crippen molar-refractivity contribution in [2.75, 3.05) is 6.54 Å². The number of thiocarbonyl (C=S) groups is 1. The van der Waals surface area contributed by atoms with E-state index in [2.05, 4.69) is 5.10 Å². The van der Waals surface area contributed by atoms with Crippen LogP contribution in [0.3, 0.4) is 0 Å². The summed E-state index contributed by atoms with van der Waals surface area (Å²) in [7, 11) is 0. The SMILES string of the molecule is C.NCCc1c(-c2cccc(Cl)c2)[nH]n(C(N)=S)c1=O. The standard InChI is InChI=1S/C12H13ClN4OS.CH4/c13-8-3-1-2-7(6-8)10-9(4-5-14)11(18)17(16-10)12(15)19;/h1-3,6,16H,4-5,14H2,(H2,15,19);1H4. The van der Waals surface area contributed by atoms with E-state index in [0.717, 1.165) is 10.2 Å². The van der Waals surface area contributed by atoms with Gasteiger partial charge in [0.15, 0.2) is 5.11 Å². The fourth-order valence-corrected chi connectivity index (χ4v) is 2.21. The Balaban J connectivity index is 0.00000200. The molecule has 1 aromatic carbocycles. The van der Waals surface area contributed by atoms with Gasteiger partial charge >= 0.3 is 0 Å². The minimum atomic E-state index is -0.270. The van der Waals surface area contributed by atoms with E-state index in [9.17, 15) is 4.79 Å². The predicted molar refractivity (Wildman–Crippen MR) is 87.2 cm³/mol. The van der Waals surface area contributed by atoms with Crippen LogP contribution in [0.2, 0.25) is 5.02 Å². The highest BCUT2D eigenvalue weighted by molar-refractivity contribution is 7.80. The molecule has 0 saturated heterocycles. The van der Waals surface area contributed by atoms with Crippen molar-refractivity contribution < 1.29 is 0 Å². The molecule has 2 rings (SSSR count). The first-order valence-corrected chi connectivity index (χ1v) is 6.43. The van der Waals surface area contributed by atoms with Crippen molar-refractivity contribution in [3.05, 3.63) is 45.2 Å². The van der Waals surface area contributed by atoms with Crippen molar-refractivity contribution in [3.63, 3.8) is 0 Å². The van der Waals surface area contributed by atoms with Gasteiger partial charge < -0.3 is 11.5 Å². The molecule has 20 heavy (non-hydrogen) atoms. The fourth-order valence-electron chi connectivity index (χ4n) is 1.89. The first kappa shape index (κ1) is 16.4. The second kappa shape index (κ2) is 6.69. The number of aromatic amines is 1. The maximum absolute atomic E-state index is 12.2. The maximum Gasteiger partial charge on any atom is 0.277 e. The first-order chi connectivity index (χ1) is 9.04. The zero-order valence-corrected chi connectivity index (χ0v) is 11.6. The molecule has 108 valence electrons. The van der Waals surface area contributed by atoms with Crippen molar-refractivity contribution in [1.82, 2.24) is 9.78 Å². The summed E-state index contributed by atoms with van der Waals surface area (Å²) in [5, 5.41) is 3.45. The number of nitrogens with two attached hydrogens (primary N) is 2. The summed E-state index contributed by atoms with van der Waals surface area (Å²) in [6.07, 6.45) is 0.437. The minimum Gasteiger partial charge on any atom is -0.374 e. The number of benzene rings is 1. The van der Waals surface area contributed by atoms with Crippen LogP contribution in [0.1, 0.15) is 13.0 Å². The van der Waals surface area contributed by atoms with Gasteiger partial charge in [0.25, 0.3) is 5.56 Å². The molecule has 0 radical (unpaired) electrons. The Morgan fingerprint density at radius 3 is 2.70 bits per heavy atom. The number of nitrogens with one attached hydrogen (secondary N) is 1. The highest BCUT2D eigenvalue weighted by atomic mass is 35.5. The summed E-state index contributed by atoms with van der Waals surface area (Å²) in [6.45, 7) is 0.359. The molecule has 0 bridgehead atoms. The van der Waals surface area contributed by atoms with Gasteiger partial charge in [0.05, 0.1) is 5.69 Å². The van der Waals surface area contributed by atoms with Crippen LogP contribution in [-0.2, 0) is 6.42 Å². The predicted octanol–water partition coefficient (Wildman–Crippen LogP) is 1.73. The highest BCUT2D eigenvalue weighted by Crippen LogP contribution is 2.23. The van der Waals surface area contributed by atoms with Gasteiger partial charge in [0.2, 0.25) is 0 Å². The fraction of sp³-hybridized carbons (Fsp3) is 0.231. The van der Waals surface area contributed by atoms with Crippen LogP contribution in [0, 0.1) is 0 Å². The third-order valence-corrected chi connectivity index (χ3v) is 3.13. The monoisotopic (exact) mass is 312 g/mol. The molecule has 0 amide bonds. The van der Waals surface area contributed by atoms with Crippen LogP contribution < -0.4 is 17.0 Å². The molecule has 1 heterocycles. The van der Waals surface area contributed by atoms with Gasteiger partial charge in [0, 0.05) is 16.1 Å². The average molecular weight is 313 g/mol. The number of rotatable bonds is 3. The van der Waals surface area contributed by atoms with Crippen molar-refractivity contribution in [3.8, 4) is 11.3 Å². The third-order valence-electron chi connectivity index (χ3n) is 2.71. The minimum absolute atomic E-state index is 0. The van der Waals surface area contributed by atoms with E-state index in [4.69, 9.17) is 35.3 Å². The van der Waals surface area contributed by atoms with E-state index >= 15 is 0 Å². The van der Waals surface area contributed by atoms with Crippen LogP contribution in [0.4, 0.5) is 0 Å². The van der Waals surface area contributed by atoms with E-state index in [1.165, 1.54) is 0 Å². The average Bonchev–Trinajstić information content (AvgIpc) is 2.68. The lowest BCUT2D eigenvalue weighted by atomic mass is 10.1. The van der Waals surface area contributed by atoms with Gasteiger partial charge in [-0.1, -0.05) is 31.2 Å². The van der Waals surface area contributed by atoms with Crippen LogP contribution in [0.25, 0.3) is 11.3 Å². The molecule has 7 heteroatoms. The summed E-state index contributed by atoms with van der Waals surface area (Å²) in [5.41, 5.74) is 12.8. The second-order valence-corrected chi connectivity index (χ2v) is 4.85. The lowest BCUT2D eigenvalue weighted by Crippen LogP contribution is -2.31.